The number of nitrogens with one attached hydrogen (secondary N) is 2. The topological polar surface area (TPSA) is 90.5 Å². The summed E-state index contributed by atoms with van der Waals surface area (Å²) in [5.74, 6) is 0.520. The van der Waals surface area contributed by atoms with Gasteiger partial charge in [0.1, 0.15) is 11.5 Å². The highest BCUT2D eigenvalue weighted by Gasteiger charge is 2.32. The molecule has 0 spiro atoms. The lowest BCUT2D eigenvalue weighted by atomic mass is 10.0. The number of rotatable bonds is 3. The summed E-state index contributed by atoms with van der Waals surface area (Å²) in [6, 6.07) is 8.57. The van der Waals surface area contributed by atoms with E-state index < -0.39 is 0 Å². The standard InChI is InChI=1S/C21H19ClN4O3/c22-12-1-3-16-14(9-12)17(25-24-16)10-19-20(28)13-2-4-18(27)15(21(13)29-19)11-26-7-5-23-6-8-26/h1-4,9-10,23,27H,5-8,11H2,(H,24,25)/b19-10-. The maximum absolute atomic E-state index is 12.9. The normalized spacial score (nSPS) is 18.4. The van der Waals surface area contributed by atoms with E-state index in [-0.39, 0.29) is 17.3 Å². The highest BCUT2D eigenvalue weighted by Crippen LogP contribution is 2.40. The van der Waals surface area contributed by atoms with Crippen molar-refractivity contribution < 1.29 is 14.6 Å². The number of ether oxygens (including phenoxy) is 1. The van der Waals surface area contributed by atoms with Crippen molar-refractivity contribution in [1.82, 2.24) is 20.4 Å². The summed E-state index contributed by atoms with van der Waals surface area (Å²) >= 11 is 6.10. The Hall–Kier alpha value is -2.87. The number of benzene rings is 2. The first-order chi connectivity index (χ1) is 14.1. The van der Waals surface area contributed by atoms with Gasteiger partial charge in [-0.15, -0.1) is 0 Å². The average Bonchev–Trinajstić information content (AvgIpc) is 3.26. The molecule has 2 aliphatic heterocycles. The summed E-state index contributed by atoms with van der Waals surface area (Å²) in [5, 5.41) is 22.3. The lowest BCUT2D eigenvalue weighted by molar-refractivity contribution is 0.101. The minimum absolute atomic E-state index is 0.133. The van der Waals surface area contributed by atoms with Gasteiger partial charge in [0.15, 0.2) is 5.76 Å². The van der Waals surface area contributed by atoms with E-state index in [0.717, 1.165) is 37.1 Å². The van der Waals surface area contributed by atoms with Crippen LogP contribution >= 0.6 is 11.6 Å². The molecule has 1 fully saturated rings. The molecule has 0 radical (unpaired) electrons. The molecule has 0 amide bonds. The lowest BCUT2D eigenvalue weighted by Crippen LogP contribution is -2.42. The fourth-order valence-corrected chi connectivity index (χ4v) is 3.96. The lowest BCUT2D eigenvalue weighted by Gasteiger charge is -2.27. The van der Waals surface area contributed by atoms with Gasteiger partial charge in [-0.3, -0.25) is 14.8 Å². The van der Waals surface area contributed by atoms with Crippen LogP contribution in [0.5, 0.6) is 11.5 Å². The maximum Gasteiger partial charge on any atom is 0.232 e. The largest absolute Gasteiger partial charge is 0.507 e. The van der Waals surface area contributed by atoms with E-state index in [4.69, 9.17) is 16.3 Å². The van der Waals surface area contributed by atoms with Crippen molar-refractivity contribution in [3.05, 3.63) is 57.9 Å². The molecule has 148 valence electrons. The zero-order valence-electron chi connectivity index (χ0n) is 15.5. The Bertz CT molecular complexity index is 1150. The minimum atomic E-state index is -0.222. The number of aromatic hydroxyl groups is 1. The van der Waals surface area contributed by atoms with Crippen LogP contribution < -0.4 is 10.1 Å². The van der Waals surface area contributed by atoms with Crippen molar-refractivity contribution in [3.63, 3.8) is 0 Å². The molecular weight excluding hydrogens is 392 g/mol. The van der Waals surface area contributed by atoms with Crippen LogP contribution in [0.2, 0.25) is 5.02 Å². The van der Waals surface area contributed by atoms with E-state index in [9.17, 15) is 9.90 Å². The van der Waals surface area contributed by atoms with Gasteiger partial charge < -0.3 is 15.2 Å². The summed E-state index contributed by atoms with van der Waals surface area (Å²) in [4.78, 5) is 15.1. The van der Waals surface area contributed by atoms with Gasteiger partial charge in [0.2, 0.25) is 5.78 Å². The van der Waals surface area contributed by atoms with E-state index >= 15 is 0 Å². The number of halogens is 1. The number of phenols is 1. The zero-order chi connectivity index (χ0) is 20.0. The molecule has 0 aliphatic carbocycles. The molecule has 0 bridgehead atoms. The molecule has 0 atom stereocenters. The molecule has 0 saturated carbocycles. The van der Waals surface area contributed by atoms with Gasteiger partial charge in [-0.05, 0) is 30.3 Å². The van der Waals surface area contributed by atoms with Crippen molar-refractivity contribution in [3.8, 4) is 11.5 Å². The molecule has 7 nitrogen and oxygen atoms in total. The van der Waals surface area contributed by atoms with Crippen molar-refractivity contribution in [2.45, 2.75) is 6.54 Å². The zero-order valence-corrected chi connectivity index (χ0v) is 16.3. The van der Waals surface area contributed by atoms with Crippen molar-refractivity contribution >= 4 is 34.4 Å². The summed E-state index contributed by atoms with van der Waals surface area (Å²) in [6.45, 7) is 4.07. The number of piperazine rings is 1. The number of nitrogens with zero attached hydrogens (tertiary/aromatic N) is 2. The van der Waals surface area contributed by atoms with Gasteiger partial charge in [-0.25, -0.2) is 0 Å². The van der Waals surface area contributed by atoms with Crippen LogP contribution in [0.1, 0.15) is 21.6 Å². The number of aromatic amines is 1. The smallest absolute Gasteiger partial charge is 0.232 e. The summed E-state index contributed by atoms with van der Waals surface area (Å²) in [5.41, 5.74) is 2.49. The molecule has 1 saturated heterocycles. The minimum Gasteiger partial charge on any atom is -0.507 e. The van der Waals surface area contributed by atoms with Gasteiger partial charge >= 0.3 is 0 Å². The van der Waals surface area contributed by atoms with Crippen LogP contribution in [0.4, 0.5) is 0 Å². The Morgan fingerprint density at radius 1 is 1.24 bits per heavy atom. The molecule has 8 heteroatoms. The summed E-state index contributed by atoms with van der Waals surface area (Å²) < 4.78 is 5.95. The number of allylic oxidation sites excluding steroid dienone is 1. The Morgan fingerprint density at radius 3 is 2.90 bits per heavy atom. The van der Waals surface area contributed by atoms with Crippen LogP contribution in [-0.2, 0) is 6.54 Å². The molecule has 5 rings (SSSR count). The average molecular weight is 411 g/mol. The number of ketones is 1. The number of Topliss-reactive ketones (excluding diaryl/α,β-unsaturated/α-hetero) is 1. The van der Waals surface area contributed by atoms with Crippen LogP contribution in [-0.4, -0.2) is 52.2 Å². The molecule has 2 aromatic carbocycles. The highest BCUT2D eigenvalue weighted by atomic mass is 35.5. The first-order valence-electron chi connectivity index (χ1n) is 9.46. The number of hydrogen-bond donors (Lipinski definition) is 3. The van der Waals surface area contributed by atoms with Crippen LogP contribution in [0, 0.1) is 0 Å². The first kappa shape index (κ1) is 18.2. The third kappa shape index (κ3) is 3.27. The molecule has 29 heavy (non-hydrogen) atoms. The number of H-pyrrole nitrogens is 1. The number of carbonyl (C=O) groups is 1. The van der Waals surface area contributed by atoms with Gasteiger partial charge in [-0.2, -0.15) is 5.10 Å². The van der Waals surface area contributed by atoms with Crippen LogP contribution in [0.25, 0.3) is 17.0 Å². The molecule has 3 heterocycles. The van der Waals surface area contributed by atoms with Gasteiger partial charge in [0, 0.05) is 49.2 Å². The predicted molar refractivity (Wildman–Crippen MR) is 110 cm³/mol. The number of fused-ring (bicyclic) bond motifs is 2. The Balaban J connectivity index is 1.50. The van der Waals surface area contributed by atoms with E-state index in [1.54, 1.807) is 30.3 Å². The quantitative estimate of drug-likeness (QED) is 0.575. The molecule has 0 unspecified atom stereocenters. The van der Waals surface area contributed by atoms with E-state index in [1.165, 1.54) is 0 Å². The third-order valence-electron chi connectivity index (χ3n) is 5.33. The molecule has 3 aromatic rings. The molecule has 2 aliphatic rings. The van der Waals surface area contributed by atoms with Gasteiger partial charge in [-0.1, -0.05) is 11.6 Å². The van der Waals surface area contributed by atoms with Crippen LogP contribution in [0.3, 0.4) is 0 Å². The highest BCUT2D eigenvalue weighted by molar-refractivity contribution is 6.31. The number of aromatic nitrogens is 2. The molecule has 3 N–H and O–H groups in total. The van der Waals surface area contributed by atoms with Gasteiger partial charge in [0.25, 0.3) is 0 Å². The van der Waals surface area contributed by atoms with Crippen molar-refractivity contribution in [1.29, 1.82) is 0 Å². The van der Waals surface area contributed by atoms with E-state index in [1.807, 2.05) is 6.07 Å². The fraction of sp³-hybridized carbons (Fsp3) is 0.238. The Morgan fingerprint density at radius 2 is 2.07 bits per heavy atom. The van der Waals surface area contributed by atoms with E-state index in [2.05, 4.69) is 20.4 Å². The second kappa shape index (κ2) is 7.18. The number of hydrogen-bond acceptors (Lipinski definition) is 6. The van der Waals surface area contributed by atoms with E-state index in [0.29, 0.717) is 34.1 Å². The Labute approximate surface area is 171 Å². The monoisotopic (exact) mass is 410 g/mol. The molecular formula is C21H19ClN4O3. The molecule has 1 aromatic heterocycles. The van der Waals surface area contributed by atoms with Crippen molar-refractivity contribution in [2.24, 2.45) is 0 Å². The Kier molecular flexibility index (Phi) is 4.50. The number of carbonyl (C=O) groups excluding carboxylic acids is 1. The predicted octanol–water partition coefficient (Wildman–Crippen LogP) is 2.94. The summed E-state index contributed by atoms with van der Waals surface area (Å²) in [7, 11) is 0. The first-order valence-corrected chi connectivity index (χ1v) is 9.84. The summed E-state index contributed by atoms with van der Waals surface area (Å²) in [6.07, 6.45) is 1.61. The fourth-order valence-electron chi connectivity index (χ4n) is 3.78. The number of phenolic OH excluding ortho intramolecular Hbond substituents is 1. The van der Waals surface area contributed by atoms with Crippen molar-refractivity contribution in [2.75, 3.05) is 26.2 Å². The second-order valence-electron chi connectivity index (χ2n) is 7.20. The third-order valence-corrected chi connectivity index (χ3v) is 5.56. The maximum atomic E-state index is 12.9. The SMILES string of the molecule is O=C1/C(=C/c2n[nH]c3ccc(Cl)cc23)Oc2c1ccc(O)c2CN1CCNCC1. The van der Waals surface area contributed by atoms with Gasteiger partial charge in [0.05, 0.1) is 22.3 Å². The van der Waals surface area contributed by atoms with Crippen LogP contribution in [0.15, 0.2) is 36.1 Å². The second-order valence-corrected chi connectivity index (χ2v) is 7.64.